The number of ketones is 1. The molecule has 1 aromatic rings. The van der Waals surface area contributed by atoms with E-state index in [1.54, 1.807) is 20.8 Å². The van der Waals surface area contributed by atoms with Crippen molar-refractivity contribution < 1.29 is 46.6 Å². The fourth-order valence-corrected chi connectivity index (χ4v) is 8.82. The van der Waals surface area contributed by atoms with Crippen LogP contribution in [-0.4, -0.2) is 91.2 Å². The molecule has 278 valence electrons. The van der Waals surface area contributed by atoms with Gasteiger partial charge in [-0.25, -0.2) is 18.0 Å². The Hall–Kier alpha value is -4.14. The molecule has 3 heterocycles. The highest BCUT2D eigenvalue weighted by molar-refractivity contribution is 7.90. The van der Waals surface area contributed by atoms with Gasteiger partial charge in [-0.1, -0.05) is 58.4 Å². The van der Waals surface area contributed by atoms with Crippen molar-refractivity contribution in [2.45, 2.75) is 109 Å². The molecule has 5 atom stereocenters. The Balaban J connectivity index is 1.27. The summed E-state index contributed by atoms with van der Waals surface area (Å²) in [6.07, 6.45) is 3.35. The number of alkyl carbamates (subject to hydrolysis) is 1. The third kappa shape index (κ3) is 7.87. The van der Waals surface area contributed by atoms with Gasteiger partial charge in [0.15, 0.2) is 5.78 Å². The Labute approximate surface area is 298 Å². The zero-order chi connectivity index (χ0) is 36.7. The van der Waals surface area contributed by atoms with Gasteiger partial charge in [0.2, 0.25) is 21.8 Å². The second-order valence-corrected chi connectivity index (χ2v) is 17.4. The topological polar surface area (TPSA) is 178 Å². The molecule has 3 fully saturated rings. The normalized spacial score (nSPS) is 29.3. The Kier molecular flexibility index (Phi) is 10.1. The highest BCUT2D eigenvalue weighted by Crippen LogP contribution is 2.58. The quantitative estimate of drug-likeness (QED) is 0.395. The lowest BCUT2D eigenvalue weighted by Crippen LogP contribution is -2.57. The van der Waals surface area contributed by atoms with E-state index >= 15 is 0 Å². The van der Waals surface area contributed by atoms with E-state index in [0.29, 0.717) is 44.4 Å². The summed E-state index contributed by atoms with van der Waals surface area (Å²) in [4.78, 5) is 71.5. The number of ether oxygens (including phenoxy) is 3. The van der Waals surface area contributed by atoms with Crippen molar-refractivity contribution in [1.82, 2.24) is 19.8 Å². The van der Waals surface area contributed by atoms with Crippen LogP contribution in [0.2, 0.25) is 0 Å². The predicted molar refractivity (Wildman–Crippen MR) is 184 cm³/mol. The van der Waals surface area contributed by atoms with E-state index in [1.165, 1.54) is 9.80 Å². The Bertz CT molecular complexity index is 1720. The lowest BCUT2D eigenvalue weighted by molar-refractivity contribution is -0.142. The van der Waals surface area contributed by atoms with Gasteiger partial charge >= 0.3 is 12.2 Å². The first kappa shape index (κ1) is 36.6. The number of benzene rings is 1. The third-order valence-electron chi connectivity index (χ3n) is 10.6. The average Bonchev–Trinajstić information content (AvgIpc) is 3.96. The molecule has 15 heteroatoms. The Morgan fingerprint density at radius 3 is 2.53 bits per heavy atom. The molecule has 4 bridgehead atoms. The number of fused-ring (bicyclic) bond motifs is 3. The van der Waals surface area contributed by atoms with Gasteiger partial charge < -0.3 is 24.4 Å². The zero-order valence-electron chi connectivity index (χ0n) is 29.6. The van der Waals surface area contributed by atoms with Gasteiger partial charge in [-0.05, 0) is 48.6 Å². The Morgan fingerprint density at radius 2 is 1.84 bits per heavy atom. The van der Waals surface area contributed by atoms with Crippen LogP contribution in [0.1, 0.15) is 83.8 Å². The standard InChI is InChI=1S/C36H48N4O10S/c1-5-23-17-36(23,32(43)38-51(46,47)25-12-13-25)18-28(41)27-16-24-20-40(27)31(42)30(35(2,3)4)37-33(44)49-15-8-6-7-14-48-29-11-9-10-22-19-39(21-26(22)29)34(45)50-24/h6-7,9-11,23-25,27,30H,5,8,12-21H2,1-4H3,(H,37,44)(H,38,43)/b7-6+/t23-,24+,27?,30+,36-/m0/s1. The minimum absolute atomic E-state index is 0.0205. The van der Waals surface area contributed by atoms with Crippen molar-refractivity contribution in [3.8, 4) is 5.75 Å². The third-order valence-corrected chi connectivity index (χ3v) is 12.5. The first-order chi connectivity index (χ1) is 24.1. The van der Waals surface area contributed by atoms with Gasteiger partial charge in [0.1, 0.15) is 24.5 Å². The van der Waals surface area contributed by atoms with Crippen LogP contribution in [0, 0.1) is 16.7 Å². The van der Waals surface area contributed by atoms with Crippen molar-refractivity contribution in [2.75, 3.05) is 19.8 Å². The number of carbonyl (C=O) groups is 5. The second kappa shape index (κ2) is 14.1. The van der Waals surface area contributed by atoms with Crippen molar-refractivity contribution in [3.05, 3.63) is 41.5 Å². The number of cyclic esters (lactones) is 1. The van der Waals surface area contributed by atoms with Gasteiger partial charge in [0.05, 0.1) is 36.4 Å². The fourth-order valence-electron chi connectivity index (χ4n) is 7.43. The molecule has 3 aliphatic heterocycles. The summed E-state index contributed by atoms with van der Waals surface area (Å²) in [7, 11) is -3.84. The number of hydrogen-bond acceptors (Lipinski definition) is 10. The molecule has 6 rings (SSSR count). The molecular formula is C36H48N4O10S. The van der Waals surface area contributed by atoms with Gasteiger partial charge in [0.25, 0.3) is 0 Å². The van der Waals surface area contributed by atoms with E-state index in [2.05, 4.69) is 10.0 Å². The molecule has 5 aliphatic rings. The molecule has 2 aliphatic carbocycles. The molecule has 0 radical (unpaired) electrons. The number of amides is 4. The summed E-state index contributed by atoms with van der Waals surface area (Å²) in [5, 5.41) is 2.08. The highest BCUT2D eigenvalue weighted by Gasteiger charge is 2.62. The number of rotatable bonds is 7. The number of Topliss-reactive ketones (excluding diaryl/α,β-unsaturated/α-hetero) is 1. The lowest BCUT2D eigenvalue weighted by atomic mass is 9.85. The van der Waals surface area contributed by atoms with Gasteiger partial charge in [-0.15, -0.1) is 0 Å². The van der Waals surface area contributed by atoms with E-state index in [0.717, 1.165) is 11.1 Å². The number of carbonyl (C=O) groups excluding carboxylic acids is 5. The molecule has 14 nitrogen and oxygen atoms in total. The van der Waals surface area contributed by atoms with E-state index in [4.69, 9.17) is 14.2 Å². The molecule has 2 saturated carbocycles. The van der Waals surface area contributed by atoms with Crippen LogP contribution >= 0.6 is 0 Å². The first-order valence-corrected chi connectivity index (χ1v) is 19.3. The molecule has 1 saturated heterocycles. The van der Waals surface area contributed by atoms with E-state index in [-0.39, 0.29) is 45.1 Å². The van der Waals surface area contributed by atoms with Crippen LogP contribution < -0.4 is 14.8 Å². The van der Waals surface area contributed by atoms with Crippen molar-refractivity contribution >= 4 is 39.8 Å². The minimum Gasteiger partial charge on any atom is -0.489 e. The number of nitrogens with zero attached hydrogens (tertiary/aromatic N) is 2. The molecule has 0 aromatic heterocycles. The summed E-state index contributed by atoms with van der Waals surface area (Å²) in [5.41, 5.74) is -0.247. The van der Waals surface area contributed by atoms with Crippen molar-refractivity contribution in [3.63, 3.8) is 0 Å². The number of nitrogens with one attached hydrogen (secondary N) is 2. The first-order valence-electron chi connectivity index (χ1n) is 17.8. The fraction of sp³-hybridized carbons (Fsp3) is 0.639. The van der Waals surface area contributed by atoms with Crippen molar-refractivity contribution in [1.29, 1.82) is 0 Å². The molecule has 1 unspecified atom stereocenters. The number of sulfonamides is 1. The monoisotopic (exact) mass is 728 g/mol. The van der Waals surface area contributed by atoms with E-state index in [1.807, 2.05) is 37.3 Å². The largest absolute Gasteiger partial charge is 0.489 e. The maximum Gasteiger partial charge on any atom is 0.410 e. The Morgan fingerprint density at radius 1 is 1.08 bits per heavy atom. The van der Waals surface area contributed by atoms with Gasteiger partial charge in [-0.3, -0.25) is 24.0 Å². The summed E-state index contributed by atoms with van der Waals surface area (Å²) in [5.74, 6) is -1.25. The summed E-state index contributed by atoms with van der Waals surface area (Å²) in [6.45, 7) is 7.99. The zero-order valence-corrected chi connectivity index (χ0v) is 30.5. The predicted octanol–water partition coefficient (Wildman–Crippen LogP) is 3.57. The molecule has 51 heavy (non-hydrogen) atoms. The minimum atomic E-state index is -3.84. The van der Waals surface area contributed by atoms with Crippen LogP contribution in [0.3, 0.4) is 0 Å². The van der Waals surface area contributed by atoms with Gasteiger partial charge in [0, 0.05) is 24.9 Å². The van der Waals surface area contributed by atoms with Crippen LogP contribution in [0.4, 0.5) is 9.59 Å². The smallest absolute Gasteiger partial charge is 0.410 e. The lowest BCUT2D eigenvalue weighted by Gasteiger charge is -2.35. The summed E-state index contributed by atoms with van der Waals surface area (Å²) >= 11 is 0. The maximum atomic E-state index is 14.4. The van der Waals surface area contributed by atoms with Crippen LogP contribution in [0.15, 0.2) is 30.4 Å². The molecular weight excluding hydrogens is 680 g/mol. The number of hydrogen-bond donors (Lipinski definition) is 2. The van der Waals surface area contributed by atoms with E-state index < -0.39 is 74.1 Å². The van der Waals surface area contributed by atoms with Gasteiger partial charge in [-0.2, -0.15) is 0 Å². The second-order valence-electron chi connectivity index (χ2n) is 15.4. The van der Waals surface area contributed by atoms with Crippen LogP contribution in [0.5, 0.6) is 5.75 Å². The summed E-state index contributed by atoms with van der Waals surface area (Å²) in [6, 6.07) is 3.41. The molecule has 2 N–H and O–H groups in total. The average molecular weight is 729 g/mol. The van der Waals surface area contributed by atoms with Crippen LogP contribution in [-0.2, 0) is 47.0 Å². The van der Waals surface area contributed by atoms with Crippen LogP contribution in [0.25, 0.3) is 0 Å². The maximum absolute atomic E-state index is 14.4. The molecule has 1 aromatic carbocycles. The highest BCUT2D eigenvalue weighted by atomic mass is 32.2. The van der Waals surface area contributed by atoms with Crippen molar-refractivity contribution in [2.24, 2.45) is 16.7 Å². The van der Waals surface area contributed by atoms with E-state index in [9.17, 15) is 32.4 Å². The summed E-state index contributed by atoms with van der Waals surface area (Å²) < 4.78 is 44.9. The molecule has 4 amide bonds. The SMILES string of the molecule is CC[C@H]1C[C@@]1(CC(=O)C1C[C@@H]2CN1C(=O)[C@H](C(C)(C)C)NC(=O)OCC/C=C/COc1cccc3c1CN(C3)C(=O)O2)C(=O)NS(=O)(=O)C1CC1. The molecule has 0 spiro atoms.